The SMILES string of the molecule is O=C(O)c1cc(Br)ccc1N1CCCS1(=O)=O. The molecule has 1 heterocycles. The lowest BCUT2D eigenvalue weighted by atomic mass is 10.2. The van der Waals surface area contributed by atoms with Gasteiger partial charge in [-0.1, -0.05) is 15.9 Å². The Morgan fingerprint density at radius 1 is 1.41 bits per heavy atom. The number of halogens is 1. The topological polar surface area (TPSA) is 74.7 Å². The van der Waals surface area contributed by atoms with Gasteiger partial charge in [0.1, 0.15) is 0 Å². The molecule has 0 aliphatic carbocycles. The minimum atomic E-state index is -3.35. The summed E-state index contributed by atoms with van der Waals surface area (Å²) >= 11 is 3.17. The maximum absolute atomic E-state index is 11.7. The van der Waals surface area contributed by atoms with Gasteiger partial charge in [-0.15, -0.1) is 0 Å². The largest absolute Gasteiger partial charge is 0.478 e. The average molecular weight is 320 g/mol. The lowest BCUT2D eigenvalue weighted by Crippen LogP contribution is -2.26. The number of carbonyl (C=O) groups is 1. The zero-order valence-electron chi connectivity index (χ0n) is 8.76. The third-order valence-electron chi connectivity index (χ3n) is 2.56. The van der Waals surface area contributed by atoms with Crippen LogP contribution in [0, 0.1) is 0 Å². The van der Waals surface area contributed by atoms with Crippen molar-refractivity contribution in [3.8, 4) is 0 Å². The van der Waals surface area contributed by atoms with Crippen molar-refractivity contribution in [2.24, 2.45) is 0 Å². The molecule has 0 unspecified atom stereocenters. The number of carboxylic acids is 1. The van der Waals surface area contributed by atoms with Crippen LogP contribution in [0.25, 0.3) is 0 Å². The first kappa shape index (κ1) is 12.4. The molecular formula is C10H10BrNO4S. The van der Waals surface area contributed by atoms with Crippen molar-refractivity contribution in [2.45, 2.75) is 6.42 Å². The van der Waals surface area contributed by atoms with Gasteiger partial charge in [-0.3, -0.25) is 4.31 Å². The van der Waals surface area contributed by atoms with E-state index in [0.29, 0.717) is 17.4 Å². The van der Waals surface area contributed by atoms with Crippen LogP contribution in [0.4, 0.5) is 5.69 Å². The second kappa shape index (κ2) is 4.30. The van der Waals surface area contributed by atoms with E-state index in [1.807, 2.05) is 0 Å². The molecule has 1 aliphatic heterocycles. The second-order valence-electron chi connectivity index (χ2n) is 3.71. The summed E-state index contributed by atoms with van der Waals surface area (Å²) in [5.74, 6) is -1.06. The summed E-state index contributed by atoms with van der Waals surface area (Å²) in [5, 5.41) is 9.08. The summed E-state index contributed by atoms with van der Waals surface area (Å²) < 4.78 is 25.3. The van der Waals surface area contributed by atoms with Gasteiger partial charge >= 0.3 is 5.97 Å². The Kier molecular flexibility index (Phi) is 3.13. The van der Waals surface area contributed by atoms with Gasteiger partial charge in [-0.05, 0) is 24.6 Å². The van der Waals surface area contributed by atoms with Crippen molar-refractivity contribution in [1.82, 2.24) is 0 Å². The Bertz CT molecular complexity index is 570. The molecule has 0 spiro atoms. The molecule has 1 aliphatic rings. The summed E-state index contributed by atoms with van der Waals surface area (Å²) in [5.41, 5.74) is 0.225. The van der Waals surface area contributed by atoms with E-state index in [-0.39, 0.29) is 17.0 Å². The Balaban J connectivity index is 2.56. The molecule has 0 aromatic heterocycles. The fourth-order valence-corrected chi connectivity index (χ4v) is 3.75. The van der Waals surface area contributed by atoms with Gasteiger partial charge in [0.15, 0.2) is 0 Å². The Morgan fingerprint density at radius 2 is 2.12 bits per heavy atom. The highest BCUT2D eigenvalue weighted by Crippen LogP contribution is 2.29. The molecule has 2 rings (SSSR count). The van der Waals surface area contributed by atoms with Gasteiger partial charge in [0.25, 0.3) is 0 Å². The number of anilines is 1. The highest BCUT2D eigenvalue weighted by atomic mass is 79.9. The maximum Gasteiger partial charge on any atom is 0.337 e. The maximum atomic E-state index is 11.7. The van der Waals surface area contributed by atoms with E-state index in [4.69, 9.17) is 5.11 Å². The fourth-order valence-electron chi connectivity index (χ4n) is 1.81. The summed E-state index contributed by atoms with van der Waals surface area (Å²) in [6, 6.07) is 4.55. The van der Waals surface area contributed by atoms with E-state index < -0.39 is 16.0 Å². The van der Waals surface area contributed by atoms with Crippen LogP contribution in [0.2, 0.25) is 0 Å². The van der Waals surface area contributed by atoms with E-state index >= 15 is 0 Å². The van der Waals surface area contributed by atoms with Crippen molar-refractivity contribution in [1.29, 1.82) is 0 Å². The van der Waals surface area contributed by atoms with E-state index in [2.05, 4.69) is 15.9 Å². The monoisotopic (exact) mass is 319 g/mol. The lowest BCUT2D eigenvalue weighted by Gasteiger charge is -2.19. The Labute approximate surface area is 107 Å². The molecule has 1 aromatic rings. The number of hydrogen-bond donors (Lipinski definition) is 1. The molecule has 1 aromatic carbocycles. The van der Waals surface area contributed by atoms with Crippen LogP contribution in [-0.4, -0.2) is 31.8 Å². The first-order valence-corrected chi connectivity index (χ1v) is 7.35. The van der Waals surface area contributed by atoms with E-state index in [1.54, 1.807) is 6.07 Å². The smallest absolute Gasteiger partial charge is 0.337 e. The predicted molar refractivity (Wildman–Crippen MR) is 66.9 cm³/mol. The lowest BCUT2D eigenvalue weighted by molar-refractivity contribution is 0.0697. The van der Waals surface area contributed by atoms with E-state index in [1.165, 1.54) is 16.4 Å². The molecule has 0 bridgehead atoms. The van der Waals surface area contributed by atoms with Gasteiger partial charge in [0.2, 0.25) is 10.0 Å². The molecule has 1 fully saturated rings. The van der Waals surface area contributed by atoms with Crippen LogP contribution in [0.3, 0.4) is 0 Å². The highest BCUT2D eigenvalue weighted by Gasteiger charge is 2.31. The van der Waals surface area contributed by atoms with Crippen molar-refractivity contribution >= 4 is 37.6 Å². The number of nitrogens with zero attached hydrogens (tertiary/aromatic N) is 1. The van der Waals surface area contributed by atoms with Gasteiger partial charge in [0, 0.05) is 11.0 Å². The Hall–Kier alpha value is -1.08. The van der Waals surface area contributed by atoms with E-state index in [9.17, 15) is 13.2 Å². The molecule has 5 nitrogen and oxygen atoms in total. The predicted octanol–water partition coefficient (Wildman–Crippen LogP) is 1.69. The number of aromatic carboxylic acids is 1. The molecule has 0 radical (unpaired) electrons. The average Bonchev–Trinajstić information content (AvgIpc) is 2.58. The third-order valence-corrected chi connectivity index (χ3v) is 4.91. The van der Waals surface area contributed by atoms with Crippen LogP contribution < -0.4 is 4.31 Å². The summed E-state index contributed by atoms with van der Waals surface area (Å²) in [4.78, 5) is 11.1. The number of rotatable bonds is 2. The Morgan fingerprint density at radius 3 is 2.65 bits per heavy atom. The minimum Gasteiger partial charge on any atom is -0.478 e. The number of hydrogen-bond acceptors (Lipinski definition) is 3. The summed E-state index contributed by atoms with van der Waals surface area (Å²) in [6.45, 7) is 0.338. The molecule has 0 saturated carbocycles. The zero-order valence-corrected chi connectivity index (χ0v) is 11.2. The molecule has 1 saturated heterocycles. The number of benzene rings is 1. The third kappa shape index (κ3) is 2.30. The standard InChI is InChI=1S/C10H10BrNO4S/c11-7-2-3-9(8(6-7)10(13)14)12-4-1-5-17(12,15)16/h2-3,6H,1,4-5H2,(H,13,14). The molecule has 1 N–H and O–H groups in total. The molecule has 17 heavy (non-hydrogen) atoms. The highest BCUT2D eigenvalue weighted by molar-refractivity contribution is 9.10. The van der Waals surface area contributed by atoms with Crippen LogP contribution in [0.1, 0.15) is 16.8 Å². The van der Waals surface area contributed by atoms with Crippen LogP contribution in [0.15, 0.2) is 22.7 Å². The van der Waals surface area contributed by atoms with Crippen LogP contribution in [0.5, 0.6) is 0 Å². The summed E-state index contributed by atoms with van der Waals surface area (Å²) in [7, 11) is -3.35. The fraction of sp³-hybridized carbons (Fsp3) is 0.300. The molecular weight excluding hydrogens is 310 g/mol. The van der Waals surface area contributed by atoms with Crippen molar-refractivity contribution in [2.75, 3.05) is 16.6 Å². The first-order chi connectivity index (χ1) is 7.92. The molecule has 0 atom stereocenters. The quantitative estimate of drug-likeness (QED) is 0.900. The normalized spacial score (nSPS) is 18.3. The van der Waals surface area contributed by atoms with Gasteiger partial charge < -0.3 is 5.11 Å². The van der Waals surface area contributed by atoms with Gasteiger partial charge in [-0.2, -0.15) is 0 Å². The second-order valence-corrected chi connectivity index (χ2v) is 6.64. The molecule has 92 valence electrons. The van der Waals surface area contributed by atoms with Gasteiger partial charge in [0.05, 0.1) is 17.0 Å². The molecule has 7 heteroatoms. The van der Waals surface area contributed by atoms with Crippen molar-refractivity contribution in [3.05, 3.63) is 28.2 Å². The van der Waals surface area contributed by atoms with E-state index in [0.717, 1.165) is 0 Å². The zero-order chi connectivity index (χ0) is 12.6. The van der Waals surface area contributed by atoms with Gasteiger partial charge in [-0.25, -0.2) is 13.2 Å². The number of sulfonamides is 1. The van der Waals surface area contributed by atoms with Crippen molar-refractivity contribution in [3.63, 3.8) is 0 Å². The van der Waals surface area contributed by atoms with Crippen LogP contribution >= 0.6 is 15.9 Å². The first-order valence-electron chi connectivity index (χ1n) is 4.95. The number of carboxylic acid groups (broad SMARTS) is 1. The van der Waals surface area contributed by atoms with Crippen LogP contribution in [-0.2, 0) is 10.0 Å². The molecule has 0 amide bonds. The van der Waals surface area contributed by atoms with Crippen molar-refractivity contribution < 1.29 is 18.3 Å². The minimum absolute atomic E-state index is 0.00940. The summed E-state index contributed by atoms with van der Waals surface area (Å²) in [6.07, 6.45) is 0.525.